The molecule has 0 saturated carbocycles. The number of nitrogens with zero attached hydrogens (tertiary/aromatic N) is 2. The Morgan fingerprint density at radius 1 is 1.07 bits per heavy atom. The van der Waals surface area contributed by atoms with Gasteiger partial charge < -0.3 is 10.2 Å². The lowest BCUT2D eigenvalue weighted by Crippen LogP contribution is -2.42. The van der Waals surface area contributed by atoms with Gasteiger partial charge in [0.2, 0.25) is 5.91 Å². The van der Waals surface area contributed by atoms with Gasteiger partial charge in [-0.2, -0.15) is 0 Å². The van der Waals surface area contributed by atoms with Gasteiger partial charge >= 0.3 is 0 Å². The molecule has 2 aliphatic rings. The topological polar surface area (TPSA) is 35.6 Å². The largest absolute Gasteiger partial charge is 0.356 e. The van der Waals surface area contributed by atoms with Gasteiger partial charge in [0.1, 0.15) is 0 Å². The number of likely N-dealkylation sites (tertiary alicyclic amines) is 2. The van der Waals surface area contributed by atoms with Crippen LogP contribution in [-0.4, -0.2) is 55.0 Å². The lowest BCUT2D eigenvalue weighted by atomic mass is 9.92. The average Bonchev–Trinajstić information content (AvgIpc) is 2.67. The zero-order valence-electron chi connectivity index (χ0n) is 17.5. The first-order valence-corrected chi connectivity index (χ1v) is 11.3. The van der Waals surface area contributed by atoms with Gasteiger partial charge in [0.25, 0.3) is 0 Å². The number of amides is 1. The Bertz CT molecular complexity index is 603. The summed E-state index contributed by atoms with van der Waals surface area (Å²) in [5.74, 6) is 2.04. The van der Waals surface area contributed by atoms with Crippen LogP contribution in [0, 0.1) is 17.8 Å². The van der Waals surface area contributed by atoms with Crippen molar-refractivity contribution in [1.82, 2.24) is 15.1 Å². The van der Waals surface area contributed by atoms with E-state index in [1.807, 2.05) is 12.1 Å². The average molecular weight is 406 g/mol. The number of piperidine rings is 2. The molecule has 4 nitrogen and oxygen atoms in total. The predicted molar refractivity (Wildman–Crippen MR) is 116 cm³/mol. The van der Waals surface area contributed by atoms with E-state index in [9.17, 15) is 4.79 Å². The highest BCUT2D eigenvalue weighted by Crippen LogP contribution is 2.21. The van der Waals surface area contributed by atoms with E-state index in [1.165, 1.54) is 25.1 Å². The highest BCUT2D eigenvalue weighted by Gasteiger charge is 2.25. The molecule has 1 aromatic rings. The molecule has 2 aliphatic heterocycles. The Hall–Kier alpha value is -1.10. The maximum absolute atomic E-state index is 12.5. The predicted octanol–water partition coefficient (Wildman–Crippen LogP) is 4.04. The van der Waals surface area contributed by atoms with E-state index in [4.69, 9.17) is 11.6 Å². The van der Waals surface area contributed by atoms with Gasteiger partial charge in [0.15, 0.2) is 0 Å². The van der Waals surface area contributed by atoms with Crippen molar-refractivity contribution in [2.75, 3.05) is 39.3 Å². The molecule has 0 aromatic heterocycles. The van der Waals surface area contributed by atoms with E-state index >= 15 is 0 Å². The Kier molecular flexibility index (Phi) is 8.19. The number of nitrogens with one attached hydrogen (secondary N) is 1. The highest BCUT2D eigenvalue weighted by atomic mass is 35.5. The van der Waals surface area contributed by atoms with Crippen molar-refractivity contribution in [3.05, 3.63) is 34.9 Å². The second-order valence-electron chi connectivity index (χ2n) is 9.03. The molecule has 2 heterocycles. The molecule has 1 N–H and O–H groups in total. The molecule has 3 rings (SSSR count). The lowest BCUT2D eigenvalue weighted by molar-refractivity contribution is -0.126. The Labute approximate surface area is 175 Å². The van der Waals surface area contributed by atoms with Crippen molar-refractivity contribution in [2.24, 2.45) is 17.8 Å². The number of carbonyl (C=O) groups excluding carboxylic acids is 1. The molecule has 2 atom stereocenters. The number of rotatable bonds is 7. The van der Waals surface area contributed by atoms with Gasteiger partial charge in [-0.15, -0.1) is 0 Å². The standard InChI is InChI=1S/C23H36ClN3O/c1-18-14-19(2)16-27(15-18)11-3-10-25-23(28)21-8-12-26(13-9-21)17-20-4-6-22(24)7-5-20/h4-7,18-19,21H,3,8-17H2,1-2H3,(H,25,28)/t18-,19-/m0/s1. The summed E-state index contributed by atoms with van der Waals surface area (Å²) in [7, 11) is 0. The molecule has 156 valence electrons. The smallest absolute Gasteiger partial charge is 0.223 e. The van der Waals surface area contributed by atoms with Gasteiger partial charge in [0.05, 0.1) is 0 Å². The SMILES string of the molecule is C[C@H]1C[C@H](C)CN(CCCNC(=O)C2CCN(Cc3ccc(Cl)cc3)CC2)C1. The number of hydrogen-bond donors (Lipinski definition) is 1. The van der Waals surface area contributed by atoms with Crippen LogP contribution in [0.25, 0.3) is 0 Å². The molecule has 0 radical (unpaired) electrons. The van der Waals surface area contributed by atoms with Crippen molar-refractivity contribution in [2.45, 2.75) is 46.1 Å². The van der Waals surface area contributed by atoms with Crippen molar-refractivity contribution in [1.29, 1.82) is 0 Å². The fraction of sp³-hybridized carbons (Fsp3) is 0.696. The second kappa shape index (κ2) is 10.6. The van der Waals surface area contributed by atoms with Crippen LogP contribution in [0.5, 0.6) is 0 Å². The summed E-state index contributed by atoms with van der Waals surface area (Å²) >= 11 is 5.96. The summed E-state index contributed by atoms with van der Waals surface area (Å²) in [5, 5.41) is 3.97. The van der Waals surface area contributed by atoms with E-state index in [2.05, 4.69) is 41.1 Å². The first kappa shape index (κ1) is 21.6. The van der Waals surface area contributed by atoms with E-state index in [-0.39, 0.29) is 11.8 Å². The Morgan fingerprint density at radius 2 is 1.71 bits per heavy atom. The Balaban J connectivity index is 1.30. The molecule has 0 aliphatic carbocycles. The molecule has 0 unspecified atom stereocenters. The zero-order chi connectivity index (χ0) is 19.9. The van der Waals surface area contributed by atoms with E-state index in [1.54, 1.807) is 0 Å². The second-order valence-corrected chi connectivity index (χ2v) is 9.46. The molecule has 2 saturated heterocycles. The van der Waals surface area contributed by atoms with Crippen molar-refractivity contribution < 1.29 is 4.79 Å². The van der Waals surface area contributed by atoms with Crippen LogP contribution >= 0.6 is 11.6 Å². The van der Waals surface area contributed by atoms with Crippen molar-refractivity contribution in [3.8, 4) is 0 Å². The molecular formula is C23H36ClN3O. The number of hydrogen-bond acceptors (Lipinski definition) is 3. The van der Waals surface area contributed by atoms with Crippen LogP contribution in [0.3, 0.4) is 0 Å². The van der Waals surface area contributed by atoms with Crippen LogP contribution in [0.15, 0.2) is 24.3 Å². The van der Waals surface area contributed by atoms with Gasteiger partial charge in [0, 0.05) is 37.1 Å². The summed E-state index contributed by atoms with van der Waals surface area (Å²) < 4.78 is 0. The first-order valence-electron chi connectivity index (χ1n) is 11.0. The maximum atomic E-state index is 12.5. The van der Waals surface area contributed by atoms with Crippen LogP contribution in [0.4, 0.5) is 0 Å². The third-order valence-corrected chi connectivity index (χ3v) is 6.42. The summed E-state index contributed by atoms with van der Waals surface area (Å²) in [4.78, 5) is 17.5. The minimum atomic E-state index is 0.177. The first-order chi connectivity index (χ1) is 13.5. The molecule has 0 bridgehead atoms. The molecular weight excluding hydrogens is 370 g/mol. The van der Waals surface area contributed by atoms with Gasteiger partial charge in [-0.1, -0.05) is 37.6 Å². The fourth-order valence-electron chi connectivity index (χ4n) is 4.83. The maximum Gasteiger partial charge on any atom is 0.223 e. The quantitative estimate of drug-likeness (QED) is 0.695. The third-order valence-electron chi connectivity index (χ3n) is 6.17. The molecule has 0 spiro atoms. The van der Waals surface area contributed by atoms with Crippen molar-refractivity contribution in [3.63, 3.8) is 0 Å². The summed E-state index contributed by atoms with van der Waals surface area (Å²) in [6.45, 7) is 12.0. The number of carbonyl (C=O) groups is 1. The molecule has 28 heavy (non-hydrogen) atoms. The number of benzene rings is 1. The van der Waals surface area contributed by atoms with E-state index in [0.29, 0.717) is 0 Å². The van der Waals surface area contributed by atoms with Crippen LogP contribution in [0.1, 0.15) is 45.1 Å². The minimum Gasteiger partial charge on any atom is -0.356 e. The van der Waals surface area contributed by atoms with E-state index in [0.717, 1.165) is 68.8 Å². The molecule has 2 fully saturated rings. The normalized spacial score (nSPS) is 25.0. The van der Waals surface area contributed by atoms with E-state index < -0.39 is 0 Å². The molecule has 5 heteroatoms. The third kappa shape index (κ3) is 6.75. The monoisotopic (exact) mass is 405 g/mol. The molecule has 1 aromatic carbocycles. The molecule has 1 amide bonds. The lowest BCUT2D eigenvalue weighted by Gasteiger charge is -2.35. The summed E-state index contributed by atoms with van der Waals surface area (Å²) in [6, 6.07) is 8.07. The van der Waals surface area contributed by atoms with Crippen LogP contribution in [-0.2, 0) is 11.3 Å². The Morgan fingerprint density at radius 3 is 2.36 bits per heavy atom. The number of halogens is 1. The van der Waals surface area contributed by atoms with Gasteiger partial charge in [-0.05, 0) is 74.8 Å². The van der Waals surface area contributed by atoms with Crippen LogP contribution in [0.2, 0.25) is 5.02 Å². The van der Waals surface area contributed by atoms with Gasteiger partial charge in [-0.3, -0.25) is 9.69 Å². The van der Waals surface area contributed by atoms with Crippen LogP contribution < -0.4 is 5.32 Å². The fourth-order valence-corrected chi connectivity index (χ4v) is 4.96. The minimum absolute atomic E-state index is 0.177. The van der Waals surface area contributed by atoms with Crippen molar-refractivity contribution >= 4 is 17.5 Å². The van der Waals surface area contributed by atoms with Gasteiger partial charge in [-0.25, -0.2) is 0 Å². The highest BCUT2D eigenvalue weighted by molar-refractivity contribution is 6.30. The summed E-state index contributed by atoms with van der Waals surface area (Å²) in [6.07, 6.45) is 4.33. The summed E-state index contributed by atoms with van der Waals surface area (Å²) in [5.41, 5.74) is 1.29. The zero-order valence-corrected chi connectivity index (χ0v) is 18.3.